The van der Waals surface area contributed by atoms with Crippen molar-refractivity contribution < 1.29 is 9.59 Å². The Hall–Kier alpha value is -0.620. The van der Waals surface area contributed by atoms with Crippen molar-refractivity contribution in [3.05, 3.63) is 0 Å². The van der Waals surface area contributed by atoms with Crippen molar-refractivity contribution in [2.24, 2.45) is 17.6 Å². The maximum absolute atomic E-state index is 11.6. The van der Waals surface area contributed by atoms with E-state index in [0.29, 0.717) is 32.0 Å². The molecule has 4 N–H and O–H groups in total. The Bertz CT molecular complexity index is 260. The lowest BCUT2D eigenvalue weighted by molar-refractivity contribution is -0.122. The topological polar surface area (TPSA) is 84.2 Å². The van der Waals surface area contributed by atoms with E-state index in [1.165, 1.54) is 0 Å². The first-order chi connectivity index (χ1) is 8.49. The molecule has 6 heteroatoms. The number of carbonyl (C=O) groups is 2. The molecule has 0 radical (unpaired) electrons. The molecule has 0 aliphatic carbocycles. The molecule has 0 spiro atoms. The van der Waals surface area contributed by atoms with Crippen LogP contribution in [0, 0.1) is 11.8 Å². The second kappa shape index (κ2) is 10.3. The lowest BCUT2D eigenvalue weighted by atomic mass is 9.94. The molecule has 1 atom stereocenters. The number of hydrogen-bond donors (Lipinski definition) is 3. The highest BCUT2D eigenvalue weighted by atomic mass is 79.9. The summed E-state index contributed by atoms with van der Waals surface area (Å²) in [5, 5.41) is 5.72. The van der Waals surface area contributed by atoms with Crippen LogP contribution in [-0.2, 0) is 9.59 Å². The molecule has 0 rings (SSSR count). The fraction of sp³-hybridized carbons (Fsp3) is 0.833. The summed E-state index contributed by atoms with van der Waals surface area (Å²) in [5.41, 5.74) is 5.64. The van der Waals surface area contributed by atoms with E-state index in [1.807, 2.05) is 0 Å². The van der Waals surface area contributed by atoms with Gasteiger partial charge in [0.2, 0.25) is 11.8 Å². The third-order valence-electron chi connectivity index (χ3n) is 2.50. The number of carbonyl (C=O) groups excluding carboxylic acids is 2. The molecule has 0 saturated heterocycles. The summed E-state index contributed by atoms with van der Waals surface area (Å²) in [7, 11) is 0. The summed E-state index contributed by atoms with van der Waals surface area (Å²) in [5.74, 6) is 0.704. The second-order valence-corrected chi connectivity index (χ2v) is 5.33. The standard InChI is InChI=1S/C12H24BrN3O2/c1-9(2)5-10(8-14)6-11(17)15-3-4-16-12(18)7-13/h9-10H,3-8,14H2,1-2H3,(H,15,17)(H,16,18). The van der Waals surface area contributed by atoms with Gasteiger partial charge in [-0.2, -0.15) is 0 Å². The number of nitrogens with one attached hydrogen (secondary N) is 2. The molecular weight excluding hydrogens is 298 g/mol. The molecule has 0 heterocycles. The van der Waals surface area contributed by atoms with Gasteiger partial charge in [0.25, 0.3) is 0 Å². The Morgan fingerprint density at radius 2 is 1.72 bits per heavy atom. The summed E-state index contributed by atoms with van der Waals surface area (Å²) in [6.07, 6.45) is 1.42. The van der Waals surface area contributed by atoms with Gasteiger partial charge in [-0.1, -0.05) is 29.8 Å². The number of nitrogens with two attached hydrogens (primary N) is 1. The van der Waals surface area contributed by atoms with E-state index in [-0.39, 0.29) is 23.1 Å². The van der Waals surface area contributed by atoms with Crippen LogP contribution in [0.25, 0.3) is 0 Å². The van der Waals surface area contributed by atoms with E-state index in [1.54, 1.807) is 0 Å². The molecule has 5 nitrogen and oxygen atoms in total. The Morgan fingerprint density at radius 1 is 1.17 bits per heavy atom. The molecule has 0 aromatic carbocycles. The minimum atomic E-state index is -0.0797. The Morgan fingerprint density at radius 3 is 2.17 bits per heavy atom. The van der Waals surface area contributed by atoms with Gasteiger partial charge in [0, 0.05) is 19.5 Å². The van der Waals surface area contributed by atoms with Gasteiger partial charge in [-0.15, -0.1) is 0 Å². The number of hydrogen-bond acceptors (Lipinski definition) is 3. The van der Waals surface area contributed by atoms with Crippen molar-refractivity contribution in [1.82, 2.24) is 10.6 Å². The number of alkyl halides is 1. The first-order valence-corrected chi connectivity index (χ1v) is 7.41. The highest BCUT2D eigenvalue weighted by Gasteiger charge is 2.13. The largest absolute Gasteiger partial charge is 0.354 e. The average Bonchev–Trinajstić information content (AvgIpc) is 2.32. The average molecular weight is 322 g/mol. The van der Waals surface area contributed by atoms with Crippen LogP contribution in [0.1, 0.15) is 26.7 Å². The maximum atomic E-state index is 11.6. The third kappa shape index (κ3) is 9.41. The van der Waals surface area contributed by atoms with Crippen LogP contribution in [0.15, 0.2) is 0 Å². The molecule has 0 saturated carbocycles. The molecule has 0 aromatic heterocycles. The normalized spacial score (nSPS) is 12.3. The number of amides is 2. The predicted molar refractivity (Wildman–Crippen MR) is 76.4 cm³/mol. The molecule has 0 aliphatic rings. The van der Waals surface area contributed by atoms with E-state index in [0.717, 1.165) is 6.42 Å². The number of rotatable bonds is 9. The Labute approximate surface area is 117 Å². The summed E-state index contributed by atoms with van der Waals surface area (Å²) in [6, 6.07) is 0. The van der Waals surface area contributed by atoms with Crippen LogP contribution in [0.4, 0.5) is 0 Å². The Balaban J connectivity index is 3.72. The van der Waals surface area contributed by atoms with Crippen molar-refractivity contribution in [2.75, 3.05) is 25.0 Å². The van der Waals surface area contributed by atoms with E-state index in [2.05, 4.69) is 40.4 Å². The fourth-order valence-corrected chi connectivity index (χ4v) is 1.91. The van der Waals surface area contributed by atoms with Crippen molar-refractivity contribution >= 4 is 27.7 Å². The van der Waals surface area contributed by atoms with Gasteiger partial charge in [0.1, 0.15) is 0 Å². The van der Waals surface area contributed by atoms with Gasteiger partial charge in [0.15, 0.2) is 0 Å². The van der Waals surface area contributed by atoms with Crippen LogP contribution >= 0.6 is 15.9 Å². The molecular formula is C12H24BrN3O2. The van der Waals surface area contributed by atoms with Crippen LogP contribution < -0.4 is 16.4 Å². The summed E-state index contributed by atoms with van der Waals surface area (Å²) in [4.78, 5) is 22.5. The van der Waals surface area contributed by atoms with E-state index in [4.69, 9.17) is 5.73 Å². The van der Waals surface area contributed by atoms with Crippen LogP contribution in [0.3, 0.4) is 0 Å². The van der Waals surface area contributed by atoms with Crippen LogP contribution in [0.2, 0.25) is 0 Å². The van der Waals surface area contributed by atoms with Gasteiger partial charge in [-0.3, -0.25) is 9.59 Å². The molecule has 0 bridgehead atoms. The zero-order valence-corrected chi connectivity index (χ0v) is 12.8. The minimum absolute atomic E-state index is 0.000749. The lowest BCUT2D eigenvalue weighted by Gasteiger charge is -2.16. The monoisotopic (exact) mass is 321 g/mol. The quantitative estimate of drug-likeness (QED) is 0.430. The predicted octanol–water partition coefficient (Wildman–Crippen LogP) is 0.625. The van der Waals surface area contributed by atoms with Crippen molar-refractivity contribution in [3.63, 3.8) is 0 Å². The first kappa shape index (κ1) is 17.4. The van der Waals surface area contributed by atoms with Crippen LogP contribution in [0.5, 0.6) is 0 Å². The molecule has 0 aromatic rings. The van der Waals surface area contributed by atoms with Crippen LogP contribution in [-0.4, -0.2) is 36.8 Å². The van der Waals surface area contributed by atoms with E-state index < -0.39 is 0 Å². The van der Waals surface area contributed by atoms with Crippen molar-refractivity contribution in [1.29, 1.82) is 0 Å². The second-order valence-electron chi connectivity index (χ2n) is 4.77. The number of halogens is 1. The SMILES string of the molecule is CC(C)CC(CN)CC(=O)NCCNC(=O)CBr. The fourth-order valence-electron chi connectivity index (χ4n) is 1.72. The van der Waals surface area contributed by atoms with E-state index >= 15 is 0 Å². The highest BCUT2D eigenvalue weighted by Crippen LogP contribution is 2.13. The smallest absolute Gasteiger partial charge is 0.230 e. The van der Waals surface area contributed by atoms with E-state index in [9.17, 15) is 9.59 Å². The first-order valence-electron chi connectivity index (χ1n) is 6.29. The Kier molecular flexibility index (Phi) is 9.96. The molecule has 0 aliphatic heterocycles. The molecule has 106 valence electrons. The van der Waals surface area contributed by atoms with Gasteiger partial charge in [-0.25, -0.2) is 0 Å². The molecule has 0 fully saturated rings. The molecule has 2 amide bonds. The van der Waals surface area contributed by atoms with Gasteiger partial charge < -0.3 is 16.4 Å². The minimum Gasteiger partial charge on any atom is -0.354 e. The lowest BCUT2D eigenvalue weighted by Crippen LogP contribution is -2.36. The summed E-state index contributed by atoms with van der Waals surface area (Å²) < 4.78 is 0. The molecule has 1 unspecified atom stereocenters. The van der Waals surface area contributed by atoms with Gasteiger partial charge >= 0.3 is 0 Å². The zero-order valence-electron chi connectivity index (χ0n) is 11.2. The summed E-state index contributed by atoms with van der Waals surface area (Å²) >= 11 is 3.05. The highest BCUT2D eigenvalue weighted by molar-refractivity contribution is 9.09. The molecule has 18 heavy (non-hydrogen) atoms. The van der Waals surface area contributed by atoms with Gasteiger partial charge in [0.05, 0.1) is 5.33 Å². The summed E-state index contributed by atoms with van der Waals surface area (Å²) in [6.45, 7) is 5.68. The maximum Gasteiger partial charge on any atom is 0.230 e. The van der Waals surface area contributed by atoms with Crippen molar-refractivity contribution in [3.8, 4) is 0 Å². The van der Waals surface area contributed by atoms with Crippen molar-refractivity contribution in [2.45, 2.75) is 26.7 Å². The van der Waals surface area contributed by atoms with Gasteiger partial charge in [-0.05, 0) is 24.8 Å². The zero-order chi connectivity index (χ0) is 14.0. The third-order valence-corrected chi connectivity index (χ3v) is 3.01.